The molecule has 9 heteroatoms. The van der Waals surface area contributed by atoms with Crippen molar-refractivity contribution in [3.63, 3.8) is 0 Å². The molecule has 1 aromatic carbocycles. The first kappa shape index (κ1) is 14.2. The first-order chi connectivity index (χ1) is 9.02. The fourth-order valence-corrected chi connectivity index (χ4v) is 1.10. The molecule has 3 N–H and O–H groups in total. The lowest BCUT2D eigenvalue weighted by molar-refractivity contribution is -0.384. The number of carbonyl (C=O) groups excluding carboxylic acids is 2. The highest BCUT2D eigenvalue weighted by Crippen LogP contribution is 2.14. The first-order valence-electron chi connectivity index (χ1n) is 5.27. The Morgan fingerprint density at radius 2 is 1.89 bits per heavy atom. The third-order valence-corrected chi connectivity index (χ3v) is 1.89. The summed E-state index contributed by atoms with van der Waals surface area (Å²) in [6.45, 7) is 1.80. The van der Waals surface area contributed by atoms with Crippen molar-refractivity contribution in [2.45, 2.75) is 6.92 Å². The second-order valence-corrected chi connectivity index (χ2v) is 3.23. The van der Waals surface area contributed by atoms with Crippen molar-refractivity contribution in [1.82, 2.24) is 10.9 Å². The smallest absolute Gasteiger partial charge is 0.426 e. The van der Waals surface area contributed by atoms with Gasteiger partial charge in [-0.25, -0.2) is 20.4 Å². The summed E-state index contributed by atoms with van der Waals surface area (Å²) in [6.07, 6.45) is -0.790. The first-order valence-corrected chi connectivity index (χ1v) is 5.27. The number of nitrogens with zero attached hydrogens (tertiary/aromatic N) is 1. The van der Waals surface area contributed by atoms with Crippen LogP contribution < -0.4 is 16.2 Å². The van der Waals surface area contributed by atoms with E-state index in [2.05, 4.69) is 10.1 Å². The number of amides is 3. The van der Waals surface area contributed by atoms with E-state index in [0.717, 1.165) is 0 Å². The van der Waals surface area contributed by atoms with Crippen molar-refractivity contribution in [3.05, 3.63) is 34.4 Å². The molecule has 0 spiro atoms. The molecule has 0 aromatic heterocycles. The molecular formula is C10H12N4O5. The summed E-state index contributed by atoms with van der Waals surface area (Å²) < 4.78 is 4.52. The Hall–Kier alpha value is -2.84. The van der Waals surface area contributed by atoms with Gasteiger partial charge in [-0.1, -0.05) is 0 Å². The van der Waals surface area contributed by atoms with Gasteiger partial charge in [-0.15, -0.1) is 0 Å². The Bertz CT molecular complexity index is 473. The average Bonchev–Trinajstić information content (AvgIpc) is 2.37. The second-order valence-electron chi connectivity index (χ2n) is 3.23. The molecule has 0 atom stereocenters. The highest BCUT2D eigenvalue weighted by molar-refractivity contribution is 5.90. The fourth-order valence-electron chi connectivity index (χ4n) is 1.10. The zero-order chi connectivity index (χ0) is 14.3. The van der Waals surface area contributed by atoms with Gasteiger partial charge in [-0.05, 0) is 19.1 Å². The number of non-ortho nitro benzene ring substituents is 1. The van der Waals surface area contributed by atoms with E-state index in [4.69, 9.17) is 0 Å². The lowest BCUT2D eigenvalue weighted by atomic mass is 10.3. The molecule has 0 saturated heterocycles. The summed E-state index contributed by atoms with van der Waals surface area (Å²) >= 11 is 0. The zero-order valence-corrected chi connectivity index (χ0v) is 10.0. The maximum Gasteiger partial charge on any atom is 0.426 e. The zero-order valence-electron chi connectivity index (χ0n) is 10.0. The Morgan fingerprint density at radius 1 is 1.26 bits per heavy atom. The van der Waals surface area contributed by atoms with Crippen molar-refractivity contribution in [2.24, 2.45) is 0 Å². The maximum atomic E-state index is 11.3. The van der Waals surface area contributed by atoms with E-state index < -0.39 is 17.0 Å². The van der Waals surface area contributed by atoms with Crippen molar-refractivity contribution in [3.8, 4) is 0 Å². The van der Waals surface area contributed by atoms with Crippen LogP contribution in [0.5, 0.6) is 0 Å². The van der Waals surface area contributed by atoms with Crippen LogP contribution in [0.15, 0.2) is 24.3 Å². The van der Waals surface area contributed by atoms with E-state index in [1.807, 2.05) is 10.9 Å². The van der Waals surface area contributed by atoms with Gasteiger partial charge in [0, 0.05) is 17.8 Å². The molecule has 0 aliphatic heterocycles. The van der Waals surface area contributed by atoms with E-state index in [0.29, 0.717) is 5.69 Å². The molecule has 0 unspecified atom stereocenters. The van der Waals surface area contributed by atoms with Gasteiger partial charge < -0.3 is 10.1 Å². The largest absolute Gasteiger partial charge is 0.449 e. The number of nitro benzene ring substituents is 1. The standard InChI is InChI=1S/C10H12N4O5/c1-2-19-10(16)13-12-9(15)11-7-3-5-8(6-4-7)14(17)18/h3-6H,2H2,1H3,(H,13,16)(H2,11,12,15). The van der Waals surface area contributed by atoms with E-state index in [-0.39, 0.29) is 12.3 Å². The Balaban J connectivity index is 2.44. The van der Waals surface area contributed by atoms with Crippen LogP contribution in [0.2, 0.25) is 0 Å². The molecule has 19 heavy (non-hydrogen) atoms. The van der Waals surface area contributed by atoms with E-state index in [9.17, 15) is 19.7 Å². The minimum Gasteiger partial charge on any atom is -0.449 e. The molecule has 9 nitrogen and oxygen atoms in total. The minimum absolute atomic E-state index is 0.0874. The quantitative estimate of drug-likeness (QED) is 0.564. The summed E-state index contributed by atoms with van der Waals surface area (Å²) in [5.41, 5.74) is 4.30. The molecule has 0 radical (unpaired) electrons. The number of nitrogens with one attached hydrogen (secondary N) is 3. The molecule has 0 aliphatic rings. The molecule has 0 bridgehead atoms. The lowest BCUT2D eigenvalue weighted by Crippen LogP contribution is -2.44. The minimum atomic E-state index is -0.790. The van der Waals surface area contributed by atoms with Crippen molar-refractivity contribution < 1.29 is 19.2 Å². The summed E-state index contributed by atoms with van der Waals surface area (Å²) in [7, 11) is 0. The molecule has 3 amide bonds. The van der Waals surface area contributed by atoms with Crippen LogP contribution in [0.25, 0.3) is 0 Å². The SMILES string of the molecule is CCOC(=O)NNC(=O)Nc1ccc([N+](=O)[O-])cc1. The normalized spacial score (nSPS) is 9.32. The third-order valence-electron chi connectivity index (χ3n) is 1.89. The molecule has 1 rings (SSSR count). The number of hydrogen-bond acceptors (Lipinski definition) is 5. The summed E-state index contributed by atoms with van der Waals surface area (Å²) in [5, 5.41) is 12.8. The maximum absolute atomic E-state index is 11.3. The number of carbonyl (C=O) groups is 2. The van der Waals surface area contributed by atoms with Gasteiger partial charge in [0.05, 0.1) is 11.5 Å². The van der Waals surface area contributed by atoms with Crippen LogP contribution in [-0.4, -0.2) is 23.7 Å². The van der Waals surface area contributed by atoms with Crippen LogP contribution in [0.3, 0.4) is 0 Å². The number of anilines is 1. The molecule has 0 heterocycles. The number of hydrazine groups is 1. The number of ether oxygens (including phenoxy) is 1. The molecular weight excluding hydrogens is 256 g/mol. The van der Waals surface area contributed by atoms with Gasteiger partial charge in [0.2, 0.25) is 0 Å². The topological polar surface area (TPSA) is 123 Å². The van der Waals surface area contributed by atoms with Gasteiger partial charge in [-0.2, -0.15) is 0 Å². The summed E-state index contributed by atoms with van der Waals surface area (Å²) in [5.74, 6) is 0. The molecule has 102 valence electrons. The van der Waals surface area contributed by atoms with Crippen LogP contribution in [0.1, 0.15) is 6.92 Å². The Labute approximate surface area is 108 Å². The van der Waals surface area contributed by atoms with Gasteiger partial charge in [-0.3, -0.25) is 10.1 Å². The Kier molecular flexibility index (Phi) is 5.08. The third kappa shape index (κ3) is 4.89. The summed E-state index contributed by atoms with van der Waals surface area (Å²) in [4.78, 5) is 32.1. The van der Waals surface area contributed by atoms with Crippen molar-refractivity contribution >= 4 is 23.5 Å². The van der Waals surface area contributed by atoms with Gasteiger partial charge >= 0.3 is 12.1 Å². The van der Waals surface area contributed by atoms with E-state index in [1.165, 1.54) is 24.3 Å². The van der Waals surface area contributed by atoms with Crippen molar-refractivity contribution in [1.29, 1.82) is 0 Å². The highest BCUT2D eigenvalue weighted by atomic mass is 16.6. The predicted molar refractivity (Wildman–Crippen MR) is 65.4 cm³/mol. The monoisotopic (exact) mass is 268 g/mol. The van der Waals surface area contributed by atoms with Gasteiger partial charge in [0.1, 0.15) is 0 Å². The van der Waals surface area contributed by atoms with Crippen LogP contribution >= 0.6 is 0 Å². The predicted octanol–water partition coefficient (Wildman–Crippen LogP) is 1.38. The summed E-state index contributed by atoms with van der Waals surface area (Å²) in [6, 6.07) is 4.51. The van der Waals surface area contributed by atoms with Crippen LogP contribution in [0, 0.1) is 10.1 Å². The van der Waals surface area contributed by atoms with E-state index >= 15 is 0 Å². The molecule has 1 aromatic rings. The average molecular weight is 268 g/mol. The number of nitro groups is 1. The Morgan fingerprint density at radius 3 is 2.42 bits per heavy atom. The molecule has 0 aliphatic carbocycles. The highest BCUT2D eigenvalue weighted by Gasteiger charge is 2.07. The number of hydrogen-bond donors (Lipinski definition) is 3. The number of rotatable bonds is 3. The van der Waals surface area contributed by atoms with Crippen LogP contribution in [-0.2, 0) is 4.74 Å². The van der Waals surface area contributed by atoms with Gasteiger partial charge in [0.25, 0.3) is 5.69 Å². The molecule has 0 fully saturated rings. The van der Waals surface area contributed by atoms with Gasteiger partial charge in [0.15, 0.2) is 0 Å². The fraction of sp³-hybridized carbons (Fsp3) is 0.200. The second kappa shape index (κ2) is 6.79. The van der Waals surface area contributed by atoms with E-state index in [1.54, 1.807) is 6.92 Å². The number of urea groups is 1. The van der Waals surface area contributed by atoms with Crippen molar-refractivity contribution in [2.75, 3.05) is 11.9 Å². The van der Waals surface area contributed by atoms with Crippen LogP contribution in [0.4, 0.5) is 21.0 Å². The lowest BCUT2D eigenvalue weighted by Gasteiger charge is -2.08. The molecule has 0 saturated carbocycles. The number of benzene rings is 1.